The summed E-state index contributed by atoms with van der Waals surface area (Å²) < 4.78 is 21.6. The molecule has 0 saturated heterocycles. The molecular formula is C21H16FN3O2. The Labute approximate surface area is 155 Å². The zero-order chi connectivity index (χ0) is 18.8. The maximum absolute atomic E-state index is 14.2. The van der Waals surface area contributed by atoms with Gasteiger partial charge >= 0.3 is 0 Å². The molecule has 2 heterocycles. The van der Waals surface area contributed by atoms with Crippen molar-refractivity contribution in [3.8, 4) is 17.1 Å². The van der Waals surface area contributed by atoms with Gasteiger partial charge in [0, 0.05) is 23.6 Å². The normalized spacial score (nSPS) is 10.7. The van der Waals surface area contributed by atoms with Crippen LogP contribution < -0.4 is 5.32 Å². The predicted octanol–water partition coefficient (Wildman–Crippen LogP) is 4.83. The van der Waals surface area contributed by atoms with E-state index in [1.807, 2.05) is 59.4 Å². The molecule has 0 aliphatic carbocycles. The molecule has 0 aliphatic rings. The lowest BCUT2D eigenvalue weighted by Gasteiger charge is -2.09. The number of hydrogen-bond donors (Lipinski definition) is 1. The molecule has 0 unspecified atom stereocenters. The molecule has 1 N–H and O–H groups in total. The smallest absolute Gasteiger partial charge is 0.278 e. The molecule has 0 spiro atoms. The molecule has 0 fully saturated rings. The molecular weight excluding hydrogens is 345 g/mol. The number of nitrogens with zero attached hydrogens (tertiary/aromatic N) is 2. The van der Waals surface area contributed by atoms with Gasteiger partial charge < -0.3 is 14.3 Å². The van der Waals surface area contributed by atoms with Crippen LogP contribution in [0.1, 0.15) is 16.2 Å². The summed E-state index contributed by atoms with van der Waals surface area (Å²) in [5.74, 6) is -0.334. The van der Waals surface area contributed by atoms with Crippen LogP contribution in [0, 0.1) is 12.7 Å². The average molecular weight is 361 g/mol. The van der Waals surface area contributed by atoms with Crippen molar-refractivity contribution in [1.82, 2.24) is 9.55 Å². The topological polar surface area (TPSA) is 60.1 Å². The molecule has 134 valence electrons. The molecule has 2 aromatic carbocycles. The summed E-state index contributed by atoms with van der Waals surface area (Å²) in [6.45, 7) is 1.65. The van der Waals surface area contributed by atoms with Crippen LogP contribution in [0.3, 0.4) is 0 Å². The summed E-state index contributed by atoms with van der Waals surface area (Å²) in [4.78, 5) is 16.9. The van der Waals surface area contributed by atoms with Gasteiger partial charge in [0.15, 0.2) is 5.69 Å². The van der Waals surface area contributed by atoms with E-state index in [4.69, 9.17) is 4.42 Å². The van der Waals surface area contributed by atoms with E-state index < -0.39 is 11.7 Å². The van der Waals surface area contributed by atoms with Crippen LogP contribution in [-0.2, 0) is 0 Å². The van der Waals surface area contributed by atoms with Crippen molar-refractivity contribution in [1.29, 1.82) is 0 Å². The van der Waals surface area contributed by atoms with Crippen LogP contribution in [0.5, 0.6) is 0 Å². The Morgan fingerprint density at radius 3 is 2.56 bits per heavy atom. The van der Waals surface area contributed by atoms with Crippen molar-refractivity contribution in [2.24, 2.45) is 0 Å². The van der Waals surface area contributed by atoms with Crippen LogP contribution in [0.2, 0.25) is 0 Å². The Morgan fingerprint density at radius 1 is 1.07 bits per heavy atom. The molecule has 27 heavy (non-hydrogen) atoms. The Balaban J connectivity index is 1.62. The van der Waals surface area contributed by atoms with Gasteiger partial charge in [-0.2, -0.15) is 0 Å². The number of carbonyl (C=O) groups is 1. The average Bonchev–Trinajstić information content (AvgIpc) is 3.34. The monoisotopic (exact) mass is 361 g/mol. The van der Waals surface area contributed by atoms with Gasteiger partial charge in [-0.15, -0.1) is 0 Å². The van der Waals surface area contributed by atoms with E-state index in [2.05, 4.69) is 10.3 Å². The van der Waals surface area contributed by atoms with Gasteiger partial charge in [0.25, 0.3) is 5.91 Å². The number of aromatic nitrogens is 2. The van der Waals surface area contributed by atoms with E-state index >= 15 is 0 Å². The number of halogens is 1. The number of amides is 1. The quantitative estimate of drug-likeness (QED) is 0.566. The Bertz CT molecular complexity index is 1090. The van der Waals surface area contributed by atoms with E-state index in [9.17, 15) is 9.18 Å². The highest BCUT2D eigenvalue weighted by Crippen LogP contribution is 2.24. The molecule has 4 aromatic rings. The second-order valence-corrected chi connectivity index (χ2v) is 6.00. The molecule has 5 nitrogen and oxygen atoms in total. The minimum Gasteiger partial charge on any atom is -0.441 e. The number of hydrogen-bond acceptors (Lipinski definition) is 3. The van der Waals surface area contributed by atoms with Crippen molar-refractivity contribution < 1.29 is 13.6 Å². The van der Waals surface area contributed by atoms with E-state index in [0.717, 1.165) is 11.3 Å². The van der Waals surface area contributed by atoms with Gasteiger partial charge in [-0.3, -0.25) is 4.79 Å². The standard InChI is InChI=1S/C21H16FN3O2/c1-14-19(24-21(27-14)15-7-3-2-4-8-15)20(26)23-18-13-16(9-10-17(18)22)25-11-5-6-12-25/h2-13H,1H3,(H,23,26). The first-order valence-corrected chi connectivity index (χ1v) is 8.39. The number of rotatable bonds is 4. The third kappa shape index (κ3) is 3.37. The fourth-order valence-corrected chi connectivity index (χ4v) is 2.77. The highest BCUT2D eigenvalue weighted by molar-refractivity contribution is 6.04. The van der Waals surface area contributed by atoms with Crippen molar-refractivity contribution >= 4 is 11.6 Å². The summed E-state index contributed by atoms with van der Waals surface area (Å²) in [6, 6.07) is 17.5. The molecule has 0 saturated carbocycles. The summed E-state index contributed by atoms with van der Waals surface area (Å²) in [5, 5.41) is 2.58. The van der Waals surface area contributed by atoms with Gasteiger partial charge in [0.1, 0.15) is 11.6 Å². The third-order valence-corrected chi connectivity index (χ3v) is 4.13. The van der Waals surface area contributed by atoms with E-state index in [1.54, 1.807) is 19.1 Å². The number of carbonyl (C=O) groups excluding carboxylic acids is 1. The van der Waals surface area contributed by atoms with E-state index in [1.165, 1.54) is 6.07 Å². The zero-order valence-corrected chi connectivity index (χ0v) is 14.5. The molecule has 1 amide bonds. The van der Waals surface area contributed by atoms with Gasteiger partial charge in [0.2, 0.25) is 5.89 Å². The summed E-state index contributed by atoms with van der Waals surface area (Å²) in [6.07, 6.45) is 3.68. The first kappa shape index (κ1) is 16.8. The molecule has 0 radical (unpaired) electrons. The van der Waals surface area contributed by atoms with E-state index in [0.29, 0.717) is 11.7 Å². The molecule has 6 heteroatoms. The van der Waals surface area contributed by atoms with Crippen molar-refractivity contribution in [2.75, 3.05) is 5.32 Å². The van der Waals surface area contributed by atoms with Gasteiger partial charge in [-0.25, -0.2) is 9.37 Å². The fourth-order valence-electron chi connectivity index (χ4n) is 2.77. The predicted molar refractivity (Wildman–Crippen MR) is 100 cm³/mol. The maximum atomic E-state index is 14.2. The molecule has 4 rings (SSSR count). The van der Waals surface area contributed by atoms with Crippen LogP contribution in [0.4, 0.5) is 10.1 Å². The Morgan fingerprint density at radius 2 is 1.81 bits per heavy atom. The Hall–Kier alpha value is -3.67. The summed E-state index contributed by atoms with van der Waals surface area (Å²) in [7, 11) is 0. The second-order valence-electron chi connectivity index (χ2n) is 6.00. The third-order valence-electron chi connectivity index (χ3n) is 4.13. The largest absolute Gasteiger partial charge is 0.441 e. The first-order chi connectivity index (χ1) is 13.1. The van der Waals surface area contributed by atoms with Crippen LogP contribution in [-0.4, -0.2) is 15.5 Å². The first-order valence-electron chi connectivity index (χ1n) is 8.39. The zero-order valence-electron chi connectivity index (χ0n) is 14.5. The number of aryl methyl sites for hydroxylation is 1. The van der Waals surface area contributed by atoms with Crippen molar-refractivity contribution in [2.45, 2.75) is 6.92 Å². The number of benzene rings is 2. The van der Waals surface area contributed by atoms with Crippen molar-refractivity contribution in [3.63, 3.8) is 0 Å². The Kier molecular flexibility index (Phi) is 4.30. The summed E-state index contributed by atoms with van der Waals surface area (Å²) in [5.41, 5.74) is 1.70. The lowest BCUT2D eigenvalue weighted by atomic mass is 10.2. The second kappa shape index (κ2) is 6.92. The number of oxazole rings is 1. The SMILES string of the molecule is Cc1oc(-c2ccccc2)nc1C(=O)Nc1cc(-n2cccc2)ccc1F. The van der Waals surface area contributed by atoms with Crippen molar-refractivity contribution in [3.05, 3.63) is 90.3 Å². The van der Waals surface area contributed by atoms with Crippen LogP contribution in [0.25, 0.3) is 17.1 Å². The van der Waals surface area contributed by atoms with Gasteiger partial charge in [0.05, 0.1) is 5.69 Å². The van der Waals surface area contributed by atoms with Gasteiger partial charge in [-0.1, -0.05) is 18.2 Å². The number of nitrogens with one attached hydrogen (secondary N) is 1. The minimum atomic E-state index is -0.526. The fraction of sp³-hybridized carbons (Fsp3) is 0.0476. The van der Waals surface area contributed by atoms with Crippen LogP contribution >= 0.6 is 0 Å². The molecule has 0 aliphatic heterocycles. The highest BCUT2D eigenvalue weighted by Gasteiger charge is 2.19. The lowest BCUT2D eigenvalue weighted by molar-refractivity contribution is 0.102. The lowest BCUT2D eigenvalue weighted by Crippen LogP contribution is -2.15. The minimum absolute atomic E-state index is 0.0786. The molecule has 0 bridgehead atoms. The maximum Gasteiger partial charge on any atom is 0.278 e. The van der Waals surface area contributed by atoms with E-state index in [-0.39, 0.29) is 11.4 Å². The molecule has 2 aromatic heterocycles. The highest BCUT2D eigenvalue weighted by atomic mass is 19.1. The summed E-state index contributed by atoms with van der Waals surface area (Å²) >= 11 is 0. The molecule has 0 atom stereocenters. The van der Waals surface area contributed by atoms with Gasteiger partial charge in [-0.05, 0) is 49.4 Å². The number of anilines is 1. The van der Waals surface area contributed by atoms with Crippen LogP contribution in [0.15, 0.2) is 77.5 Å².